The summed E-state index contributed by atoms with van der Waals surface area (Å²) in [7, 11) is -3.48. The molecule has 1 rings (SSSR count). The number of rotatable bonds is 3. The highest BCUT2D eigenvalue weighted by molar-refractivity contribution is 7.91. The number of aromatic nitrogens is 2. The quantitative estimate of drug-likeness (QED) is 0.667. The Balaban J connectivity index is 3.47. The van der Waals surface area contributed by atoms with Crippen LogP contribution in [0.3, 0.4) is 0 Å². The van der Waals surface area contributed by atoms with Crippen molar-refractivity contribution in [1.29, 1.82) is 0 Å². The number of hydrogen-bond donors (Lipinski definition) is 1. The maximum atomic E-state index is 11.4. The second-order valence-corrected chi connectivity index (χ2v) is 5.41. The van der Waals surface area contributed by atoms with Gasteiger partial charge in [0.15, 0.2) is 20.8 Å². The fourth-order valence-corrected chi connectivity index (χ4v) is 2.64. The van der Waals surface area contributed by atoms with E-state index in [1.165, 1.54) is 0 Å². The fraction of sp³-hybridized carbons (Fsp3) is 0.429. The summed E-state index contributed by atoms with van der Waals surface area (Å²) >= 11 is 11.3. The highest BCUT2D eigenvalue weighted by Gasteiger charge is 2.21. The van der Waals surface area contributed by atoms with Gasteiger partial charge in [0.25, 0.3) is 0 Å². The molecule has 1 aromatic heterocycles. The molecule has 0 spiro atoms. The summed E-state index contributed by atoms with van der Waals surface area (Å²) in [6.07, 6.45) is 1.03. The molecule has 1 aromatic rings. The SMILES string of the molecule is CCNc1nc(Cl)nc(Cl)c1S(C)(=O)=O. The van der Waals surface area contributed by atoms with Gasteiger partial charge in [0.1, 0.15) is 4.90 Å². The highest BCUT2D eigenvalue weighted by Crippen LogP contribution is 2.27. The van der Waals surface area contributed by atoms with E-state index in [1.54, 1.807) is 6.92 Å². The molecule has 8 heteroatoms. The Morgan fingerprint density at radius 2 is 1.93 bits per heavy atom. The predicted molar refractivity (Wildman–Crippen MR) is 59.3 cm³/mol. The zero-order valence-electron chi connectivity index (χ0n) is 8.08. The van der Waals surface area contributed by atoms with Crippen LogP contribution in [0.15, 0.2) is 4.90 Å². The zero-order chi connectivity index (χ0) is 11.6. The highest BCUT2D eigenvalue weighted by atomic mass is 35.5. The van der Waals surface area contributed by atoms with Crippen LogP contribution in [-0.4, -0.2) is 31.2 Å². The predicted octanol–water partition coefficient (Wildman–Crippen LogP) is 1.62. The minimum absolute atomic E-state index is 0.0941. The van der Waals surface area contributed by atoms with E-state index >= 15 is 0 Å². The molecule has 0 aliphatic heterocycles. The van der Waals surface area contributed by atoms with Crippen LogP contribution in [-0.2, 0) is 9.84 Å². The van der Waals surface area contributed by atoms with Crippen LogP contribution in [0.4, 0.5) is 5.82 Å². The first-order valence-electron chi connectivity index (χ1n) is 4.03. The van der Waals surface area contributed by atoms with Crippen molar-refractivity contribution in [3.05, 3.63) is 10.4 Å². The number of anilines is 1. The number of nitrogens with one attached hydrogen (secondary N) is 1. The maximum Gasteiger partial charge on any atom is 0.225 e. The molecule has 0 saturated carbocycles. The monoisotopic (exact) mass is 269 g/mol. The van der Waals surface area contributed by atoms with Gasteiger partial charge in [0, 0.05) is 12.8 Å². The molecular formula is C7H9Cl2N3O2S. The van der Waals surface area contributed by atoms with Crippen LogP contribution >= 0.6 is 23.2 Å². The first kappa shape index (κ1) is 12.5. The average molecular weight is 270 g/mol. The molecule has 84 valence electrons. The summed E-state index contributed by atoms with van der Waals surface area (Å²) in [4.78, 5) is 7.22. The van der Waals surface area contributed by atoms with Gasteiger partial charge in [-0.2, -0.15) is 4.98 Å². The summed E-state index contributed by atoms with van der Waals surface area (Å²) in [5.74, 6) is 0.130. The number of nitrogens with zero attached hydrogens (tertiary/aromatic N) is 2. The molecular weight excluding hydrogens is 261 g/mol. The second-order valence-electron chi connectivity index (χ2n) is 2.76. The standard InChI is InChI=1S/C7H9Cl2N3O2S/c1-3-10-6-4(15(2,13)14)5(8)11-7(9)12-6/h3H2,1-2H3,(H,10,11,12). The lowest BCUT2D eigenvalue weighted by atomic mass is 10.5. The maximum absolute atomic E-state index is 11.4. The van der Waals surface area contributed by atoms with Gasteiger partial charge in [-0.15, -0.1) is 0 Å². The van der Waals surface area contributed by atoms with Crippen LogP contribution in [0.1, 0.15) is 6.92 Å². The first-order chi connectivity index (χ1) is 6.86. The van der Waals surface area contributed by atoms with Gasteiger partial charge in [0.2, 0.25) is 5.28 Å². The van der Waals surface area contributed by atoms with Crippen LogP contribution in [0.2, 0.25) is 10.4 Å². The summed E-state index contributed by atoms with van der Waals surface area (Å²) in [5.41, 5.74) is 0. The molecule has 1 N–H and O–H groups in total. The van der Waals surface area contributed by atoms with Crippen LogP contribution in [0.5, 0.6) is 0 Å². The molecule has 0 aromatic carbocycles. The van der Waals surface area contributed by atoms with Gasteiger partial charge in [-0.05, 0) is 18.5 Å². The fourth-order valence-electron chi connectivity index (χ4n) is 1.01. The van der Waals surface area contributed by atoms with Crippen molar-refractivity contribution < 1.29 is 8.42 Å². The number of sulfone groups is 1. The molecule has 0 aliphatic rings. The van der Waals surface area contributed by atoms with E-state index in [4.69, 9.17) is 23.2 Å². The van der Waals surface area contributed by atoms with E-state index in [0.717, 1.165) is 6.26 Å². The molecule has 0 radical (unpaired) electrons. The van der Waals surface area contributed by atoms with Crippen molar-refractivity contribution in [1.82, 2.24) is 9.97 Å². The molecule has 0 saturated heterocycles. The lowest BCUT2D eigenvalue weighted by Crippen LogP contribution is -2.09. The van der Waals surface area contributed by atoms with E-state index in [0.29, 0.717) is 6.54 Å². The number of halogens is 2. The van der Waals surface area contributed by atoms with E-state index in [1.807, 2.05) is 0 Å². The molecule has 0 unspecified atom stereocenters. The van der Waals surface area contributed by atoms with Gasteiger partial charge < -0.3 is 5.32 Å². The summed E-state index contributed by atoms with van der Waals surface area (Å²) in [6, 6.07) is 0. The molecule has 0 bridgehead atoms. The average Bonchev–Trinajstić information content (AvgIpc) is 1.99. The van der Waals surface area contributed by atoms with E-state index in [2.05, 4.69) is 15.3 Å². The third-order valence-corrected chi connectivity index (χ3v) is 3.19. The number of hydrogen-bond acceptors (Lipinski definition) is 5. The van der Waals surface area contributed by atoms with Crippen molar-refractivity contribution in [2.75, 3.05) is 18.1 Å². The summed E-state index contributed by atoms with van der Waals surface area (Å²) < 4.78 is 22.8. The van der Waals surface area contributed by atoms with Crippen molar-refractivity contribution in [3.63, 3.8) is 0 Å². The molecule has 0 aliphatic carbocycles. The zero-order valence-corrected chi connectivity index (χ0v) is 10.4. The Labute approximate surface area is 97.7 Å². The van der Waals surface area contributed by atoms with E-state index in [-0.39, 0.29) is 21.2 Å². The Hall–Kier alpha value is -0.590. The molecule has 1 heterocycles. The molecule has 0 atom stereocenters. The second kappa shape index (κ2) is 4.51. The van der Waals surface area contributed by atoms with E-state index in [9.17, 15) is 8.42 Å². The molecule has 0 amide bonds. The lowest BCUT2D eigenvalue weighted by Gasteiger charge is -2.09. The van der Waals surface area contributed by atoms with Crippen molar-refractivity contribution in [3.8, 4) is 0 Å². The minimum atomic E-state index is -3.48. The van der Waals surface area contributed by atoms with Gasteiger partial charge in [-0.25, -0.2) is 13.4 Å². The molecule has 5 nitrogen and oxygen atoms in total. The molecule has 0 fully saturated rings. The minimum Gasteiger partial charge on any atom is -0.369 e. The Morgan fingerprint density at radius 3 is 2.40 bits per heavy atom. The van der Waals surface area contributed by atoms with Crippen LogP contribution in [0.25, 0.3) is 0 Å². The van der Waals surface area contributed by atoms with Gasteiger partial charge in [-0.3, -0.25) is 0 Å². The Bertz CT molecular complexity index is 475. The normalized spacial score (nSPS) is 11.5. The Kier molecular flexibility index (Phi) is 3.75. The third-order valence-electron chi connectivity index (χ3n) is 1.51. The summed E-state index contributed by atoms with van der Waals surface area (Å²) in [5, 5.41) is 2.50. The van der Waals surface area contributed by atoms with Crippen molar-refractivity contribution in [2.45, 2.75) is 11.8 Å². The molecule has 15 heavy (non-hydrogen) atoms. The Morgan fingerprint density at radius 1 is 1.33 bits per heavy atom. The summed E-state index contributed by atoms with van der Waals surface area (Å²) in [6.45, 7) is 2.31. The first-order valence-corrected chi connectivity index (χ1v) is 6.68. The van der Waals surface area contributed by atoms with Crippen molar-refractivity contribution in [2.24, 2.45) is 0 Å². The lowest BCUT2D eigenvalue weighted by molar-refractivity contribution is 0.601. The van der Waals surface area contributed by atoms with Gasteiger partial charge >= 0.3 is 0 Å². The van der Waals surface area contributed by atoms with E-state index < -0.39 is 9.84 Å². The topological polar surface area (TPSA) is 72.0 Å². The smallest absolute Gasteiger partial charge is 0.225 e. The van der Waals surface area contributed by atoms with Crippen molar-refractivity contribution >= 4 is 38.9 Å². The largest absolute Gasteiger partial charge is 0.369 e. The van der Waals surface area contributed by atoms with Gasteiger partial charge in [0.05, 0.1) is 0 Å². The van der Waals surface area contributed by atoms with Crippen LogP contribution in [0, 0.1) is 0 Å². The van der Waals surface area contributed by atoms with Crippen LogP contribution < -0.4 is 5.32 Å². The third kappa shape index (κ3) is 2.93. The van der Waals surface area contributed by atoms with Gasteiger partial charge in [-0.1, -0.05) is 11.6 Å².